The SMILES string of the molecule is Cc1ccccc1C1c2sc(=O)[nH]c2SC2C1[C@H]1C[C@@H]2C2C(=O)N(c3ccc([N+](=O)[O-])cc3)C(=O)C21. The molecule has 3 heterocycles. The monoisotopic (exact) mass is 519 g/mol. The molecular weight excluding hydrogens is 498 g/mol. The molecule has 8 nitrogen and oxygen atoms in total. The standard InChI is InChI=1S/C26H21N3O5S2/c1-11-4-2-3-5-14(11)17-18-15-10-16(21(18)35-23-22(17)36-26(32)27-23)20-19(15)24(30)28(25(20)31)12-6-8-13(9-7-12)29(33)34/h2-9,15-21H,10H2,1H3,(H,27,32)/t15-,16-,17?,18?,19?,20?,21?/m1/s1. The fraction of sp³-hybridized carbons (Fsp3) is 0.346. The fourth-order valence-electron chi connectivity index (χ4n) is 7.28. The van der Waals surface area contributed by atoms with Crippen LogP contribution in [-0.2, 0) is 9.59 Å². The highest BCUT2D eigenvalue weighted by Crippen LogP contribution is 2.68. The Hall–Kier alpha value is -3.24. The zero-order valence-corrected chi connectivity index (χ0v) is 20.8. The number of nitro groups is 1. The lowest BCUT2D eigenvalue weighted by Crippen LogP contribution is -2.42. The molecule has 2 saturated carbocycles. The van der Waals surface area contributed by atoms with Crippen LogP contribution in [0.25, 0.3) is 0 Å². The van der Waals surface area contributed by atoms with Crippen LogP contribution < -0.4 is 9.77 Å². The first-order valence-corrected chi connectivity index (χ1v) is 13.6. The predicted octanol–water partition coefficient (Wildman–Crippen LogP) is 4.33. The average Bonchev–Trinajstić information content (AvgIpc) is 3.58. The van der Waals surface area contributed by atoms with E-state index >= 15 is 0 Å². The molecule has 7 atom stereocenters. The highest BCUT2D eigenvalue weighted by atomic mass is 32.2. The van der Waals surface area contributed by atoms with Crippen LogP contribution in [0.4, 0.5) is 11.4 Å². The molecule has 36 heavy (non-hydrogen) atoms. The van der Waals surface area contributed by atoms with E-state index in [1.54, 1.807) is 11.8 Å². The summed E-state index contributed by atoms with van der Waals surface area (Å²) in [7, 11) is 0. The van der Waals surface area contributed by atoms with Crippen LogP contribution in [0.5, 0.6) is 0 Å². The number of benzene rings is 2. The molecule has 0 spiro atoms. The Labute approximate surface area is 213 Å². The van der Waals surface area contributed by atoms with E-state index in [9.17, 15) is 24.5 Å². The van der Waals surface area contributed by atoms with Crippen molar-refractivity contribution in [3.8, 4) is 0 Å². The lowest BCUT2D eigenvalue weighted by Gasteiger charge is -2.43. The van der Waals surface area contributed by atoms with Crippen LogP contribution in [0.2, 0.25) is 0 Å². The maximum atomic E-state index is 13.8. The van der Waals surface area contributed by atoms with Crippen LogP contribution in [-0.4, -0.2) is 27.0 Å². The Bertz CT molecular complexity index is 1510. The first kappa shape index (κ1) is 22.0. The van der Waals surface area contributed by atoms with E-state index in [4.69, 9.17) is 0 Å². The summed E-state index contributed by atoms with van der Waals surface area (Å²) in [5, 5.41) is 12.1. The second-order valence-corrected chi connectivity index (χ2v) is 12.3. The smallest absolute Gasteiger partial charge is 0.305 e. The number of H-pyrrole nitrogens is 1. The number of aromatic amines is 1. The third-order valence-corrected chi connectivity index (χ3v) is 11.2. The van der Waals surface area contributed by atoms with Crippen molar-refractivity contribution in [1.82, 2.24) is 4.98 Å². The molecule has 1 saturated heterocycles. The van der Waals surface area contributed by atoms with Crippen molar-refractivity contribution >= 4 is 46.3 Å². The first-order valence-electron chi connectivity index (χ1n) is 11.9. The molecule has 2 amide bonds. The van der Waals surface area contributed by atoms with Gasteiger partial charge in [-0.3, -0.25) is 29.4 Å². The summed E-state index contributed by atoms with van der Waals surface area (Å²) in [5.41, 5.74) is 2.64. The van der Waals surface area contributed by atoms with E-state index in [2.05, 4.69) is 24.0 Å². The number of amides is 2. The maximum Gasteiger partial charge on any atom is 0.305 e. The van der Waals surface area contributed by atoms with Crippen molar-refractivity contribution in [2.75, 3.05) is 4.90 Å². The van der Waals surface area contributed by atoms with Crippen molar-refractivity contribution < 1.29 is 14.5 Å². The number of nitrogens with one attached hydrogen (secondary N) is 1. The fourth-order valence-corrected chi connectivity index (χ4v) is 10.2. The molecule has 10 heteroatoms. The molecule has 2 aliphatic carbocycles. The molecule has 1 N–H and O–H groups in total. The van der Waals surface area contributed by atoms with Crippen LogP contribution in [0, 0.1) is 46.6 Å². The number of nitrogens with zero attached hydrogens (tertiary/aromatic N) is 2. The molecule has 3 fully saturated rings. The third kappa shape index (κ3) is 2.85. The number of aromatic nitrogens is 1. The Morgan fingerprint density at radius 2 is 1.69 bits per heavy atom. The van der Waals surface area contributed by atoms with Gasteiger partial charge in [-0.2, -0.15) is 0 Å². The molecule has 5 unspecified atom stereocenters. The number of anilines is 1. The van der Waals surface area contributed by atoms with Crippen molar-refractivity contribution in [3.63, 3.8) is 0 Å². The number of hydrogen-bond donors (Lipinski definition) is 1. The van der Waals surface area contributed by atoms with Gasteiger partial charge in [0.15, 0.2) is 0 Å². The Morgan fingerprint density at radius 1 is 1.00 bits per heavy atom. The van der Waals surface area contributed by atoms with Gasteiger partial charge >= 0.3 is 4.87 Å². The van der Waals surface area contributed by atoms with E-state index in [1.165, 1.54) is 46.1 Å². The number of rotatable bonds is 3. The quantitative estimate of drug-likeness (QED) is 0.313. The molecule has 7 rings (SSSR count). The van der Waals surface area contributed by atoms with Crippen molar-refractivity contribution in [2.45, 2.75) is 29.5 Å². The van der Waals surface area contributed by atoms with Crippen LogP contribution in [0.3, 0.4) is 0 Å². The highest BCUT2D eigenvalue weighted by Gasteiger charge is 2.69. The van der Waals surface area contributed by atoms with E-state index in [-0.39, 0.29) is 51.3 Å². The zero-order valence-electron chi connectivity index (χ0n) is 19.1. The van der Waals surface area contributed by atoms with Crippen molar-refractivity contribution in [3.05, 3.63) is 84.3 Å². The Kier molecular flexibility index (Phi) is 4.66. The number of hydrogen-bond acceptors (Lipinski definition) is 7. The second-order valence-electron chi connectivity index (χ2n) is 10.1. The summed E-state index contributed by atoms with van der Waals surface area (Å²) in [6.45, 7) is 2.08. The number of thioether (sulfide) groups is 1. The summed E-state index contributed by atoms with van der Waals surface area (Å²) >= 11 is 2.92. The number of carbonyl (C=O) groups excluding carboxylic acids is 2. The molecule has 2 aromatic carbocycles. The van der Waals surface area contributed by atoms with E-state index in [1.807, 2.05) is 12.1 Å². The topological polar surface area (TPSA) is 113 Å². The highest BCUT2D eigenvalue weighted by molar-refractivity contribution is 8.00. The minimum Gasteiger partial charge on any atom is -0.307 e. The molecule has 4 aliphatic rings. The summed E-state index contributed by atoms with van der Waals surface area (Å²) in [6.07, 6.45) is 0.824. The van der Waals surface area contributed by atoms with Gasteiger partial charge in [0.1, 0.15) is 0 Å². The Morgan fingerprint density at radius 3 is 2.39 bits per heavy atom. The molecule has 1 aromatic heterocycles. The van der Waals surface area contributed by atoms with E-state index < -0.39 is 16.8 Å². The van der Waals surface area contributed by atoms with E-state index in [0.29, 0.717) is 5.69 Å². The van der Waals surface area contributed by atoms with Gasteiger partial charge < -0.3 is 4.98 Å². The van der Waals surface area contributed by atoms with Crippen LogP contribution in [0.15, 0.2) is 58.4 Å². The summed E-state index contributed by atoms with van der Waals surface area (Å²) < 4.78 is 0. The van der Waals surface area contributed by atoms with Gasteiger partial charge in [0.2, 0.25) is 11.8 Å². The number of carbonyl (C=O) groups is 2. The lowest BCUT2D eigenvalue weighted by atomic mass is 9.67. The van der Waals surface area contributed by atoms with Gasteiger partial charge in [-0.05, 0) is 54.4 Å². The molecule has 182 valence electrons. The molecular formula is C26H21N3O5S2. The number of fused-ring (bicyclic) bond motifs is 9. The predicted molar refractivity (Wildman–Crippen MR) is 135 cm³/mol. The van der Waals surface area contributed by atoms with Crippen molar-refractivity contribution in [2.24, 2.45) is 29.6 Å². The first-order chi connectivity index (χ1) is 17.3. The maximum absolute atomic E-state index is 13.8. The third-order valence-electron chi connectivity index (χ3n) is 8.57. The van der Waals surface area contributed by atoms with Gasteiger partial charge in [-0.1, -0.05) is 35.6 Å². The van der Waals surface area contributed by atoms with Crippen LogP contribution in [0.1, 0.15) is 28.3 Å². The number of thiazole rings is 1. The van der Waals surface area contributed by atoms with Crippen LogP contribution >= 0.6 is 23.1 Å². The molecule has 0 radical (unpaired) electrons. The summed E-state index contributed by atoms with van der Waals surface area (Å²) in [4.78, 5) is 55.6. The second kappa shape index (κ2) is 7.63. The summed E-state index contributed by atoms with van der Waals surface area (Å²) in [6, 6.07) is 13.9. The number of aryl methyl sites for hydroxylation is 1. The molecule has 2 bridgehead atoms. The Balaban J connectivity index is 1.31. The van der Waals surface area contributed by atoms with Gasteiger partial charge in [-0.15, -0.1) is 11.8 Å². The average molecular weight is 520 g/mol. The van der Waals surface area contributed by atoms with Gasteiger partial charge in [0.25, 0.3) is 5.69 Å². The number of imide groups is 1. The van der Waals surface area contributed by atoms with Crippen molar-refractivity contribution in [1.29, 1.82) is 0 Å². The lowest BCUT2D eigenvalue weighted by molar-refractivity contribution is -0.384. The molecule has 2 aliphatic heterocycles. The largest absolute Gasteiger partial charge is 0.307 e. The number of nitro benzene ring substituents is 1. The minimum atomic E-state index is -0.497. The summed E-state index contributed by atoms with van der Waals surface area (Å²) in [5.74, 6) is -0.976. The van der Waals surface area contributed by atoms with E-state index in [0.717, 1.165) is 21.9 Å². The van der Waals surface area contributed by atoms with Gasteiger partial charge in [0.05, 0.1) is 27.5 Å². The normalized spacial score (nSPS) is 31.9. The molecule has 3 aromatic rings. The van der Waals surface area contributed by atoms with Gasteiger partial charge in [-0.25, -0.2) is 0 Å². The van der Waals surface area contributed by atoms with Gasteiger partial charge in [0, 0.05) is 28.2 Å². The number of non-ortho nitro benzene ring substituents is 1. The minimum absolute atomic E-state index is 0.00340. The zero-order chi connectivity index (χ0) is 24.9.